The van der Waals surface area contributed by atoms with Crippen molar-refractivity contribution in [2.24, 2.45) is 0 Å². The van der Waals surface area contributed by atoms with Gasteiger partial charge in [-0.3, -0.25) is 4.79 Å². The Morgan fingerprint density at radius 2 is 1.60 bits per heavy atom. The monoisotopic (exact) mass is 138 g/mol. The second-order valence-electron chi connectivity index (χ2n) is 2.94. The molecule has 0 aliphatic heterocycles. The van der Waals surface area contributed by atoms with E-state index in [0.29, 0.717) is 5.78 Å². The molecule has 0 aromatic rings. The van der Waals surface area contributed by atoms with E-state index in [1.807, 2.05) is 0 Å². The number of ketones is 1. The molecule has 0 aromatic carbocycles. The molecule has 1 heteroatoms. The Morgan fingerprint density at radius 1 is 1.00 bits per heavy atom. The van der Waals surface area contributed by atoms with Crippen LogP contribution in [0.2, 0.25) is 0 Å². The molecule has 0 amide bonds. The second-order valence-corrected chi connectivity index (χ2v) is 2.94. The highest BCUT2D eigenvalue weighted by Crippen LogP contribution is 2.16. The minimum absolute atomic E-state index is 0.291. The SMILES string of the molecule is C=C1CCCCCCC1=O. The Morgan fingerprint density at radius 3 is 2.30 bits per heavy atom. The van der Waals surface area contributed by atoms with Gasteiger partial charge >= 0.3 is 0 Å². The third-order valence-corrected chi connectivity index (χ3v) is 2.03. The molecule has 0 radical (unpaired) electrons. The summed E-state index contributed by atoms with van der Waals surface area (Å²) in [5.74, 6) is 0.291. The van der Waals surface area contributed by atoms with E-state index in [4.69, 9.17) is 0 Å². The van der Waals surface area contributed by atoms with Gasteiger partial charge in [0.05, 0.1) is 0 Å². The van der Waals surface area contributed by atoms with E-state index >= 15 is 0 Å². The summed E-state index contributed by atoms with van der Waals surface area (Å²) < 4.78 is 0. The van der Waals surface area contributed by atoms with Crippen LogP contribution >= 0.6 is 0 Å². The van der Waals surface area contributed by atoms with Crippen LogP contribution in [0, 0.1) is 0 Å². The van der Waals surface area contributed by atoms with Crippen molar-refractivity contribution in [2.75, 3.05) is 0 Å². The molecule has 1 nitrogen and oxygen atoms in total. The third-order valence-electron chi connectivity index (χ3n) is 2.03. The molecule has 56 valence electrons. The van der Waals surface area contributed by atoms with E-state index in [9.17, 15) is 4.79 Å². The molecular formula is C9H14O. The van der Waals surface area contributed by atoms with E-state index in [2.05, 4.69) is 6.58 Å². The minimum Gasteiger partial charge on any atom is -0.295 e. The van der Waals surface area contributed by atoms with Crippen LogP contribution < -0.4 is 0 Å². The van der Waals surface area contributed by atoms with Gasteiger partial charge in [0, 0.05) is 6.42 Å². The van der Waals surface area contributed by atoms with Crippen LogP contribution in [0.15, 0.2) is 12.2 Å². The van der Waals surface area contributed by atoms with E-state index < -0.39 is 0 Å². The Balaban J connectivity index is 2.43. The maximum Gasteiger partial charge on any atom is 0.158 e. The lowest BCUT2D eigenvalue weighted by Gasteiger charge is -2.08. The molecule has 1 saturated carbocycles. The van der Waals surface area contributed by atoms with Gasteiger partial charge in [0.2, 0.25) is 0 Å². The maximum atomic E-state index is 11.1. The molecule has 0 bridgehead atoms. The Bertz CT molecular complexity index is 129. The number of carbonyl (C=O) groups excluding carboxylic acids is 1. The van der Waals surface area contributed by atoms with Gasteiger partial charge in [0.15, 0.2) is 5.78 Å². The molecule has 0 heterocycles. The van der Waals surface area contributed by atoms with Crippen molar-refractivity contribution in [2.45, 2.75) is 38.5 Å². The lowest BCUT2D eigenvalue weighted by Crippen LogP contribution is -2.03. The van der Waals surface area contributed by atoms with Gasteiger partial charge in [-0.25, -0.2) is 0 Å². The smallest absolute Gasteiger partial charge is 0.158 e. The topological polar surface area (TPSA) is 17.1 Å². The second kappa shape index (κ2) is 3.55. The molecule has 0 N–H and O–H groups in total. The van der Waals surface area contributed by atoms with Crippen molar-refractivity contribution in [3.05, 3.63) is 12.2 Å². The molecule has 0 aromatic heterocycles. The first-order valence-corrected chi connectivity index (χ1v) is 4.01. The van der Waals surface area contributed by atoms with Crippen molar-refractivity contribution >= 4 is 5.78 Å². The summed E-state index contributed by atoms with van der Waals surface area (Å²) in [4.78, 5) is 11.1. The van der Waals surface area contributed by atoms with Crippen LogP contribution in [-0.2, 0) is 4.79 Å². The van der Waals surface area contributed by atoms with Gasteiger partial charge in [-0.1, -0.05) is 19.4 Å². The van der Waals surface area contributed by atoms with Gasteiger partial charge in [-0.05, 0) is 24.8 Å². The largest absolute Gasteiger partial charge is 0.295 e. The van der Waals surface area contributed by atoms with E-state index in [1.54, 1.807) is 0 Å². The van der Waals surface area contributed by atoms with Gasteiger partial charge < -0.3 is 0 Å². The number of Topliss-reactive ketones (excluding diaryl/α,β-unsaturated/α-hetero) is 1. The summed E-state index contributed by atoms with van der Waals surface area (Å²) in [6.07, 6.45) is 6.38. The third kappa shape index (κ3) is 1.98. The Labute approximate surface area is 62.1 Å². The van der Waals surface area contributed by atoms with Crippen LogP contribution in [0.3, 0.4) is 0 Å². The molecule has 0 saturated heterocycles. The summed E-state index contributed by atoms with van der Waals surface area (Å²) in [6, 6.07) is 0. The first-order chi connectivity index (χ1) is 4.80. The summed E-state index contributed by atoms with van der Waals surface area (Å²) >= 11 is 0. The standard InChI is InChI=1S/C9H14O/c1-8-6-4-2-3-5-7-9(8)10/h1-7H2. The first kappa shape index (κ1) is 7.52. The zero-order chi connectivity index (χ0) is 7.40. The van der Waals surface area contributed by atoms with Gasteiger partial charge in [0.25, 0.3) is 0 Å². The lowest BCUT2D eigenvalue weighted by atomic mass is 9.96. The number of rotatable bonds is 0. The molecular weight excluding hydrogens is 124 g/mol. The quantitative estimate of drug-likeness (QED) is 0.470. The zero-order valence-electron chi connectivity index (χ0n) is 6.36. The maximum absolute atomic E-state index is 11.1. The summed E-state index contributed by atoms with van der Waals surface area (Å²) in [5, 5.41) is 0. The number of carbonyl (C=O) groups is 1. The highest BCUT2D eigenvalue weighted by Gasteiger charge is 2.08. The molecule has 0 unspecified atom stereocenters. The molecule has 1 fully saturated rings. The molecule has 1 rings (SSSR count). The molecule has 10 heavy (non-hydrogen) atoms. The molecule has 0 atom stereocenters. The number of allylic oxidation sites excluding steroid dienone is 1. The average molecular weight is 138 g/mol. The van der Waals surface area contributed by atoms with Gasteiger partial charge in [-0.15, -0.1) is 0 Å². The summed E-state index contributed by atoms with van der Waals surface area (Å²) in [7, 11) is 0. The highest BCUT2D eigenvalue weighted by atomic mass is 16.1. The van der Waals surface area contributed by atoms with E-state index in [1.165, 1.54) is 12.8 Å². The summed E-state index contributed by atoms with van der Waals surface area (Å²) in [6.45, 7) is 3.75. The van der Waals surface area contributed by atoms with Gasteiger partial charge in [0.1, 0.15) is 0 Å². The fraction of sp³-hybridized carbons (Fsp3) is 0.667. The van der Waals surface area contributed by atoms with Crippen molar-refractivity contribution in [3.8, 4) is 0 Å². The molecule has 1 aliphatic rings. The van der Waals surface area contributed by atoms with Crippen LogP contribution in [0.4, 0.5) is 0 Å². The van der Waals surface area contributed by atoms with Crippen molar-refractivity contribution < 1.29 is 4.79 Å². The van der Waals surface area contributed by atoms with Crippen molar-refractivity contribution in [1.29, 1.82) is 0 Å². The average Bonchev–Trinajstić information content (AvgIpc) is 1.92. The predicted octanol–water partition coefficient (Wildman–Crippen LogP) is 2.47. The zero-order valence-corrected chi connectivity index (χ0v) is 6.36. The normalized spacial score (nSPS) is 22.0. The van der Waals surface area contributed by atoms with Crippen LogP contribution in [0.1, 0.15) is 38.5 Å². The van der Waals surface area contributed by atoms with E-state index in [0.717, 1.165) is 31.3 Å². The van der Waals surface area contributed by atoms with Gasteiger partial charge in [-0.2, -0.15) is 0 Å². The summed E-state index contributed by atoms with van der Waals surface area (Å²) in [5.41, 5.74) is 0.847. The predicted molar refractivity (Wildman–Crippen MR) is 41.8 cm³/mol. The Kier molecular flexibility index (Phi) is 2.67. The van der Waals surface area contributed by atoms with E-state index in [-0.39, 0.29) is 0 Å². The molecule has 1 aliphatic carbocycles. The van der Waals surface area contributed by atoms with Crippen LogP contribution in [0.25, 0.3) is 0 Å². The highest BCUT2D eigenvalue weighted by molar-refractivity contribution is 5.94. The first-order valence-electron chi connectivity index (χ1n) is 4.01. The van der Waals surface area contributed by atoms with Crippen LogP contribution in [0.5, 0.6) is 0 Å². The van der Waals surface area contributed by atoms with Crippen molar-refractivity contribution in [1.82, 2.24) is 0 Å². The number of hydrogen-bond donors (Lipinski definition) is 0. The number of hydrogen-bond acceptors (Lipinski definition) is 1. The Hall–Kier alpha value is -0.590. The lowest BCUT2D eigenvalue weighted by molar-refractivity contribution is -0.115. The fourth-order valence-electron chi connectivity index (χ4n) is 1.29. The minimum atomic E-state index is 0.291. The van der Waals surface area contributed by atoms with Crippen LogP contribution in [-0.4, -0.2) is 5.78 Å². The molecule has 0 spiro atoms. The fourth-order valence-corrected chi connectivity index (χ4v) is 1.29. The van der Waals surface area contributed by atoms with Crippen molar-refractivity contribution in [3.63, 3.8) is 0 Å².